The highest BCUT2D eigenvalue weighted by Crippen LogP contribution is 2.11. The lowest BCUT2D eigenvalue weighted by molar-refractivity contribution is -0.137. The van der Waals surface area contributed by atoms with E-state index in [0.717, 1.165) is 6.54 Å². The van der Waals surface area contributed by atoms with Gasteiger partial charge >= 0.3 is 0 Å². The molecule has 1 amide bonds. The first-order valence-corrected chi connectivity index (χ1v) is 4.76. The van der Waals surface area contributed by atoms with Crippen LogP contribution in [0.5, 0.6) is 0 Å². The van der Waals surface area contributed by atoms with Crippen molar-refractivity contribution in [1.82, 2.24) is 9.80 Å². The van der Waals surface area contributed by atoms with Gasteiger partial charge in [-0.3, -0.25) is 9.69 Å². The lowest BCUT2D eigenvalue weighted by atomic mass is 10.1. The molecule has 76 valence electrons. The average molecular weight is 185 g/mol. The minimum absolute atomic E-state index is 0.193. The van der Waals surface area contributed by atoms with E-state index >= 15 is 0 Å². The Morgan fingerprint density at radius 2 is 2.31 bits per heavy atom. The molecule has 0 radical (unpaired) electrons. The molecular weight excluding hydrogens is 166 g/mol. The van der Waals surface area contributed by atoms with Crippen LogP contribution in [-0.4, -0.2) is 54.5 Å². The molecule has 0 bridgehead atoms. The maximum absolute atomic E-state index is 11.4. The predicted molar refractivity (Wildman–Crippen MR) is 52.3 cm³/mol. The van der Waals surface area contributed by atoms with Crippen molar-refractivity contribution in [2.75, 3.05) is 26.7 Å². The monoisotopic (exact) mass is 185 g/mol. The zero-order chi connectivity index (χ0) is 10.0. The summed E-state index contributed by atoms with van der Waals surface area (Å²) in [5.41, 5.74) is 5.58. The van der Waals surface area contributed by atoms with Gasteiger partial charge in [0.05, 0.1) is 6.54 Å². The van der Waals surface area contributed by atoms with E-state index in [4.69, 9.17) is 5.73 Å². The molecule has 0 aromatic carbocycles. The van der Waals surface area contributed by atoms with Crippen LogP contribution in [0.25, 0.3) is 0 Å². The molecule has 1 fully saturated rings. The topological polar surface area (TPSA) is 49.6 Å². The number of hydrogen-bond acceptors (Lipinski definition) is 3. The van der Waals surface area contributed by atoms with E-state index in [2.05, 4.69) is 18.7 Å². The van der Waals surface area contributed by atoms with Crippen molar-refractivity contribution in [3.8, 4) is 0 Å². The second kappa shape index (κ2) is 4.07. The van der Waals surface area contributed by atoms with Crippen LogP contribution < -0.4 is 5.73 Å². The number of carbonyl (C=O) groups is 1. The lowest BCUT2D eigenvalue weighted by Crippen LogP contribution is -2.57. The van der Waals surface area contributed by atoms with E-state index in [1.165, 1.54) is 0 Å². The summed E-state index contributed by atoms with van der Waals surface area (Å²) in [6.45, 7) is 6.13. The van der Waals surface area contributed by atoms with Gasteiger partial charge < -0.3 is 10.6 Å². The third-order valence-electron chi connectivity index (χ3n) is 2.76. The number of nitrogens with zero attached hydrogens (tertiary/aromatic N) is 2. The minimum Gasteiger partial charge on any atom is -0.343 e. The molecule has 0 aliphatic carbocycles. The Hall–Kier alpha value is -0.610. The Labute approximate surface area is 79.7 Å². The molecule has 2 atom stereocenters. The second-order valence-corrected chi connectivity index (χ2v) is 3.88. The zero-order valence-electron chi connectivity index (χ0n) is 8.66. The predicted octanol–water partition coefficient (Wildman–Crippen LogP) is -0.504. The van der Waals surface area contributed by atoms with Crippen molar-refractivity contribution >= 4 is 5.91 Å². The van der Waals surface area contributed by atoms with Crippen molar-refractivity contribution in [2.24, 2.45) is 5.73 Å². The Kier molecular flexibility index (Phi) is 3.27. The third kappa shape index (κ3) is 2.19. The van der Waals surface area contributed by atoms with E-state index in [-0.39, 0.29) is 5.91 Å². The van der Waals surface area contributed by atoms with Crippen molar-refractivity contribution in [1.29, 1.82) is 0 Å². The number of hydrogen-bond donors (Lipinski definition) is 1. The van der Waals surface area contributed by atoms with E-state index in [1.54, 1.807) is 4.90 Å². The minimum atomic E-state index is 0.193. The highest BCUT2D eigenvalue weighted by Gasteiger charge is 2.29. The van der Waals surface area contributed by atoms with Crippen LogP contribution in [-0.2, 0) is 4.79 Å². The van der Waals surface area contributed by atoms with Gasteiger partial charge in [0.15, 0.2) is 0 Å². The largest absolute Gasteiger partial charge is 0.343 e. The average Bonchev–Trinajstić information content (AvgIpc) is 2.10. The fourth-order valence-electron chi connectivity index (χ4n) is 1.76. The molecule has 1 aliphatic heterocycles. The molecule has 0 saturated carbocycles. The van der Waals surface area contributed by atoms with Crippen LogP contribution in [0.4, 0.5) is 0 Å². The quantitative estimate of drug-likeness (QED) is 0.631. The first kappa shape index (κ1) is 10.5. The van der Waals surface area contributed by atoms with Crippen molar-refractivity contribution in [2.45, 2.75) is 25.9 Å². The first-order chi connectivity index (χ1) is 6.06. The molecule has 4 heteroatoms. The van der Waals surface area contributed by atoms with Gasteiger partial charge in [-0.05, 0) is 13.8 Å². The summed E-state index contributed by atoms with van der Waals surface area (Å²) >= 11 is 0. The maximum atomic E-state index is 11.4. The van der Waals surface area contributed by atoms with Crippen LogP contribution in [0.1, 0.15) is 13.8 Å². The number of likely N-dealkylation sites (N-methyl/N-ethyl adjacent to an activating group) is 1. The molecule has 0 aromatic rings. The van der Waals surface area contributed by atoms with E-state index in [0.29, 0.717) is 25.2 Å². The molecule has 1 saturated heterocycles. The van der Waals surface area contributed by atoms with Gasteiger partial charge in [-0.25, -0.2) is 0 Å². The number of amides is 1. The van der Waals surface area contributed by atoms with Crippen LogP contribution >= 0.6 is 0 Å². The van der Waals surface area contributed by atoms with Crippen molar-refractivity contribution < 1.29 is 4.79 Å². The normalized spacial score (nSPS) is 27.8. The Morgan fingerprint density at radius 3 is 2.85 bits per heavy atom. The molecular formula is C9H19N3O. The van der Waals surface area contributed by atoms with Crippen LogP contribution in [0.3, 0.4) is 0 Å². The summed E-state index contributed by atoms with van der Waals surface area (Å²) in [6, 6.07) is 0.717. The van der Waals surface area contributed by atoms with Gasteiger partial charge in [0, 0.05) is 32.2 Å². The number of rotatable bonds is 2. The van der Waals surface area contributed by atoms with Crippen molar-refractivity contribution in [3.05, 3.63) is 0 Å². The molecule has 1 rings (SSSR count). The second-order valence-electron chi connectivity index (χ2n) is 3.88. The fourth-order valence-corrected chi connectivity index (χ4v) is 1.76. The molecule has 0 spiro atoms. The molecule has 1 heterocycles. The Balaban J connectivity index is 2.61. The smallest absolute Gasteiger partial charge is 0.236 e. The summed E-state index contributed by atoms with van der Waals surface area (Å²) in [5.74, 6) is 0.193. The fraction of sp³-hybridized carbons (Fsp3) is 0.889. The van der Waals surface area contributed by atoms with Gasteiger partial charge in [0.1, 0.15) is 0 Å². The number of piperazine rings is 1. The van der Waals surface area contributed by atoms with E-state index < -0.39 is 0 Å². The standard InChI is InChI=1S/C9H19N3O/c1-7(4-10)12-6-9(13)11(3)5-8(12)2/h7-8H,4-6,10H2,1-3H3. The highest BCUT2D eigenvalue weighted by molar-refractivity contribution is 5.78. The zero-order valence-corrected chi connectivity index (χ0v) is 8.66. The van der Waals surface area contributed by atoms with Crippen LogP contribution in [0, 0.1) is 0 Å². The summed E-state index contributed by atoms with van der Waals surface area (Å²) in [6.07, 6.45) is 0. The van der Waals surface area contributed by atoms with Gasteiger partial charge in [-0.15, -0.1) is 0 Å². The number of carbonyl (C=O) groups excluding carboxylic acids is 1. The Bertz CT molecular complexity index is 195. The van der Waals surface area contributed by atoms with Crippen LogP contribution in [0.2, 0.25) is 0 Å². The molecule has 13 heavy (non-hydrogen) atoms. The summed E-state index contributed by atoms with van der Waals surface area (Å²) in [5, 5.41) is 0. The van der Waals surface area contributed by atoms with Gasteiger partial charge in [-0.2, -0.15) is 0 Å². The molecule has 0 aromatic heterocycles. The van der Waals surface area contributed by atoms with E-state index in [9.17, 15) is 4.79 Å². The summed E-state index contributed by atoms with van der Waals surface area (Å²) in [7, 11) is 1.85. The van der Waals surface area contributed by atoms with E-state index in [1.807, 2.05) is 7.05 Å². The maximum Gasteiger partial charge on any atom is 0.236 e. The molecule has 4 nitrogen and oxygen atoms in total. The van der Waals surface area contributed by atoms with Gasteiger partial charge in [0.2, 0.25) is 5.91 Å². The summed E-state index contributed by atoms with van der Waals surface area (Å²) < 4.78 is 0. The van der Waals surface area contributed by atoms with Gasteiger partial charge in [0.25, 0.3) is 0 Å². The highest BCUT2D eigenvalue weighted by atomic mass is 16.2. The number of nitrogens with two attached hydrogens (primary N) is 1. The molecule has 1 aliphatic rings. The van der Waals surface area contributed by atoms with Crippen molar-refractivity contribution in [3.63, 3.8) is 0 Å². The first-order valence-electron chi connectivity index (χ1n) is 4.76. The van der Waals surface area contributed by atoms with Crippen LogP contribution in [0.15, 0.2) is 0 Å². The van der Waals surface area contributed by atoms with Gasteiger partial charge in [-0.1, -0.05) is 0 Å². The molecule has 2 unspecified atom stereocenters. The third-order valence-corrected chi connectivity index (χ3v) is 2.76. The SMILES string of the molecule is CC(CN)N1CC(=O)N(C)CC1C. The molecule has 2 N–H and O–H groups in total. The lowest BCUT2D eigenvalue weighted by Gasteiger charge is -2.40. The Morgan fingerprint density at radius 1 is 1.69 bits per heavy atom. The summed E-state index contributed by atoms with van der Waals surface area (Å²) in [4.78, 5) is 15.4.